The standard InChI is InChI=1S/C20H18ClN3O3S/c1-2-17(18(25)23-16-9-12(20(26)27)6-7-14(16)21)28-19-13(10-22)8-11-4-3-5-15(11)24-19/h6-9,17H,2-5H2,1H3,(H,23,25)(H,26,27). The maximum Gasteiger partial charge on any atom is 0.335 e. The molecule has 0 saturated heterocycles. The number of rotatable bonds is 6. The number of carbonyl (C=O) groups is 2. The number of carboxylic acids is 1. The van der Waals surface area contributed by atoms with Gasteiger partial charge in [-0.05, 0) is 55.5 Å². The van der Waals surface area contributed by atoms with Gasteiger partial charge in [0.2, 0.25) is 5.91 Å². The molecule has 0 radical (unpaired) electrons. The van der Waals surface area contributed by atoms with Crippen molar-refractivity contribution in [2.75, 3.05) is 5.32 Å². The summed E-state index contributed by atoms with van der Waals surface area (Å²) in [4.78, 5) is 28.5. The summed E-state index contributed by atoms with van der Waals surface area (Å²) >= 11 is 7.34. The zero-order chi connectivity index (χ0) is 20.3. The van der Waals surface area contributed by atoms with E-state index in [1.165, 1.54) is 30.0 Å². The van der Waals surface area contributed by atoms with E-state index in [2.05, 4.69) is 16.4 Å². The Balaban J connectivity index is 1.81. The number of fused-ring (bicyclic) bond motifs is 1. The number of aromatic carboxylic acids is 1. The zero-order valence-electron chi connectivity index (χ0n) is 15.2. The number of aryl methyl sites for hydroxylation is 2. The van der Waals surface area contributed by atoms with Crippen LogP contribution in [0.15, 0.2) is 29.3 Å². The Morgan fingerprint density at radius 1 is 1.39 bits per heavy atom. The van der Waals surface area contributed by atoms with Gasteiger partial charge in [-0.2, -0.15) is 5.26 Å². The normalized spacial score (nSPS) is 13.5. The van der Waals surface area contributed by atoms with Crippen LogP contribution in [0, 0.1) is 11.3 Å². The van der Waals surface area contributed by atoms with Crippen molar-refractivity contribution in [1.82, 2.24) is 4.98 Å². The molecule has 1 aliphatic carbocycles. The minimum Gasteiger partial charge on any atom is -0.478 e. The third-order valence-corrected chi connectivity index (χ3v) is 6.22. The smallest absolute Gasteiger partial charge is 0.335 e. The fourth-order valence-electron chi connectivity index (χ4n) is 3.05. The Hall–Kier alpha value is -2.56. The first-order chi connectivity index (χ1) is 13.4. The number of nitrogens with one attached hydrogen (secondary N) is 1. The zero-order valence-corrected chi connectivity index (χ0v) is 16.7. The average molecular weight is 416 g/mol. The van der Waals surface area contributed by atoms with E-state index < -0.39 is 11.2 Å². The highest BCUT2D eigenvalue weighted by Crippen LogP contribution is 2.32. The van der Waals surface area contributed by atoms with E-state index in [1.54, 1.807) is 0 Å². The van der Waals surface area contributed by atoms with Crippen LogP contribution in [0.5, 0.6) is 0 Å². The first kappa shape index (κ1) is 20.2. The summed E-state index contributed by atoms with van der Waals surface area (Å²) in [6, 6.07) is 8.18. The molecule has 0 saturated carbocycles. The highest BCUT2D eigenvalue weighted by molar-refractivity contribution is 8.00. The number of benzene rings is 1. The molecule has 1 amide bonds. The third-order valence-electron chi connectivity index (χ3n) is 4.52. The van der Waals surface area contributed by atoms with E-state index in [1.807, 2.05) is 13.0 Å². The van der Waals surface area contributed by atoms with E-state index in [9.17, 15) is 14.9 Å². The number of pyridine rings is 1. The highest BCUT2D eigenvalue weighted by Gasteiger charge is 2.24. The number of amides is 1. The fraction of sp³-hybridized carbons (Fsp3) is 0.300. The molecule has 0 bridgehead atoms. The molecule has 0 spiro atoms. The van der Waals surface area contributed by atoms with E-state index in [-0.39, 0.29) is 22.2 Å². The monoisotopic (exact) mass is 415 g/mol. The Morgan fingerprint density at radius 2 is 2.18 bits per heavy atom. The summed E-state index contributed by atoms with van der Waals surface area (Å²) in [5.41, 5.74) is 2.85. The van der Waals surface area contributed by atoms with Crippen LogP contribution in [0.4, 0.5) is 5.69 Å². The van der Waals surface area contributed by atoms with Gasteiger partial charge in [-0.15, -0.1) is 0 Å². The molecule has 1 atom stereocenters. The molecule has 28 heavy (non-hydrogen) atoms. The summed E-state index contributed by atoms with van der Waals surface area (Å²) < 4.78 is 0. The van der Waals surface area contributed by atoms with Gasteiger partial charge in [0, 0.05) is 5.69 Å². The predicted molar refractivity (Wildman–Crippen MR) is 108 cm³/mol. The lowest BCUT2D eigenvalue weighted by atomic mass is 10.2. The maximum absolute atomic E-state index is 12.8. The van der Waals surface area contributed by atoms with Gasteiger partial charge in [-0.3, -0.25) is 4.79 Å². The minimum atomic E-state index is -1.10. The number of nitriles is 1. The number of halogens is 1. The molecule has 2 aromatic rings. The molecule has 1 aromatic heterocycles. The number of carboxylic acid groups (broad SMARTS) is 1. The van der Waals surface area contributed by atoms with Crippen LogP contribution >= 0.6 is 23.4 Å². The summed E-state index contributed by atoms with van der Waals surface area (Å²) in [7, 11) is 0. The van der Waals surface area contributed by atoms with Gasteiger partial charge in [0.25, 0.3) is 0 Å². The van der Waals surface area contributed by atoms with E-state index in [0.717, 1.165) is 30.5 Å². The second kappa shape index (κ2) is 8.63. The number of anilines is 1. The molecule has 0 aliphatic heterocycles. The molecule has 0 fully saturated rings. The Bertz CT molecular complexity index is 987. The largest absolute Gasteiger partial charge is 0.478 e. The van der Waals surface area contributed by atoms with Crippen LogP contribution in [0.1, 0.15) is 46.9 Å². The van der Waals surface area contributed by atoms with Crippen LogP contribution in [-0.4, -0.2) is 27.2 Å². The van der Waals surface area contributed by atoms with Crippen molar-refractivity contribution in [3.05, 3.63) is 51.7 Å². The van der Waals surface area contributed by atoms with Crippen molar-refractivity contribution in [2.24, 2.45) is 0 Å². The molecule has 1 heterocycles. The Morgan fingerprint density at radius 3 is 2.86 bits per heavy atom. The molecular formula is C20H18ClN3O3S. The van der Waals surface area contributed by atoms with Crippen molar-refractivity contribution in [2.45, 2.75) is 42.9 Å². The van der Waals surface area contributed by atoms with E-state index in [0.29, 0.717) is 17.0 Å². The van der Waals surface area contributed by atoms with E-state index in [4.69, 9.17) is 16.7 Å². The van der Waals surface area contributed by atoms with E-state index >= 15 is 0 Å². The van der Waals surface area contributed by atoms with Crippen LogP contribution < -0.4 is 5.32 Å². The maximum atomic E-state index is 12.8. The van der Waals surface area contributed by atoms with Gasteiger partial charge in [-0.25, -0.2) is 9.78 Å². The molecule has 1 aromatic carbocycles. The second-order valence-corrected chi connectivity index (χ2v) is 8.01. The molecule has 144 valence electrons. The number of hydrogen-bond donors (Lipinski definition) is 2. The average Bonchev–Trinajstić information content (AvgIpc) is 3.13. The topological polar surface area (TPSA) is 103 Å². The van der Waals surface area contributed by atoms with Crippen LogP contribution in [0.2, 0.25) is 5.02 Å². The first-order valence-electron chi connectivity index (χ1n) is 8.86. The second-order valence-electron chi connectivity index (χ2n) is 6.42. The molecular weight excluding hydrogens is 398 g/mol. The molecule has 2 N–H and O–H groups in total. The third kappa shape index (κ3) is 4.29. The van der Waals surface area contributed by atoms with Crippen molar-refractivity contribution in [1.29, 1.82) is 5.26 Å². The number of hydrogen-bond acceptors (Lipinski definition) is 5. The lowest BCUT2D eigenvalue weighted by Gasteiger charge is -2.16. The molecule has 1 aliphatic rings. The lowest BCUT2D eigenvalue weighted by Crippen LogP contribution is -2.25. The molecule has 8 heteroatoms. The van der Waals surface area contributed by atoms with Crippen LogP contribution in [0.25, 0.3) is 0 Å². The quantitative estimate of drug-likeness (QED) is 0.681. The summed E-state index contributed by atoms with van der Waals surface area (Å²) in [5.74, 6) is -1.42. The van der Waals surface area contributed by atoms with Gasteiger partial charge in [0.05, 0.1) is 27.1 Å². The van der Waals surface area contributed by atoms with Gasteiger partial charge < -0.3 is 10.4 Å². The number of carbonyl (C=O) groups excluding carboxylic acids is 1. The Labute approximate surface area is 171 Å². The van der Waals surface area contributed by atoms with Gasteiger partial charge in [0.15, 0.2) is 0 Å². The fourth-order valence-corrected chi connectivity index (χ4v) is 4.21. The summed E-state index contributed by atoms with van der Waals surface area (Å²) in [6.07, 6.45) is 3.35. The summed E-state index contributed by atoms with van der Waals surface area (Å²) in [5, 5.41) is 21.6. The van der Waals surface area contributed by atoms with Crippen molar-refractivity contribution in [3.8, 4) is 6.07 Å². The van der Waals surface area contributed by atoms with Crippen LogP contribution in [-0.2, 0) is 17.6 Å². The van der Waals surface area contributed by atoms with Crippen molar-refractivity contribution >= 4 is 40.9 Å². The first-order valence-corrected chi connectivity index (χ1v) is 10.1. The van der Waals surface area contributed by atoms with Gasteiger partial charge in [0.1, 0.15) is 11.1 Å². The predicted octanol–water partition coefficient (Wildman–Crippen LogP) is 4.30. The Kier molecular flexibility index (Phi) is 6.22. The van der Waals surface area contributed by atoms with Gasteiger partial charge >= 0.3 is 5.97 Å². The molecule has 6 nitrogen and oxygen atoms in total. The summed E-state index contributed by atoms with van der Waals surface area (Å²) in [6.45, 7) is 1.87. The molecule has 1 unspecified atom stereocenters. The van der Waals surface area contributed by atoms with Crippen molar-refractivity contribution < 1.29 is 14.7 Å². The van der Waals surface area contributed by atoms with Crippen molar-refractivity contribution in [3.63, 3.8) is 0 Å². The number of aromatic nitrogens is 1. The lowest BCUT2D eigenvalue weighted by molar-refractivity contribution is -0.115. The number of nitrogens with zero attached hydrogens (tertiary/aromatic N) is 2. The highest BCUT2D eigenvalue weighted by atomic mass is 35.5. The molecule has 3 rings (SSSR count). The SMILES string of the molecule is CCC(Sc1nc2c(cc1C#N)CCC2)C(=O)Nc1cc(C(=O)O)ccc1Cl. The minimum absolute atomic E-state index is 0.0347. The van der Waals surface area contributed by atoms with Gasteiger partial charge in [-0.1, -0.05) is 30.3 Å². The van der Waals surface area contributed by atoms with Crippen LogP contribution in [0.3, 0.4) is 0 Å². The number of thioether (sulfide) groups is 1.